The second-order valence-corrected chi connectivity index (χ2v) is 6.19. The average molecular weight is 236 g/mol. The molecule has 0 saturated carbocycles. The van der Waals surface area contributed by atoms with Crippen molar-refractivity contribution >= 4 is 0 Å². The number of hydrogen-bond donors (Lipinski definition) is 1. The Balaban J connectivity index is 2.36. The van der Waals surface area contributed by atoms with Crippen LogP contribution in [0.4, 0.5) is 0 Å². The van der Waals surface area contributed by atoms with Gasteiger partial charge in [-0.2, -0.15) is 0 Å². The number of nitrogens with one attached hydrogen (secondary N) is 1. The number of rotatable bonds is 4. The van der Waals surface area contributed by atoms with Crippen LogP contribution in [0.25, 0.3) is 0 Å². The summed E-state index contributed by atoms with van der Waals surface area (Å²) in [4.78, 5) is 2.60. The predicted molar refractivity (Wildman–Crippen MR) is 75.0 cm³/mol. The van der Waals surface area contributed by atoms with E-state index in [1.807, 2.05) is 0 Å². The molecule has 17 heavy (non-hydrogen) atoms. The molecule has 2 heteroatoms. The van der Waals surface area contributed by atoms with Crippen LogP contribution in [0, 0.1) is 17.8 Å². The summed E-state index contributed by atoms with van der Waals surface area (Å²) in [5.74, 6) is 2.72. The van der Waals surface area contributed by atoms with Gasteiger partial charge in [0.25, 0.3) is 0 Å². The molecule has 1 fully saturated rings. The van der Waals surface area contributed by atoms with Gasteiger partial charge in [0, 0.05) is 19.0 Å². The maximum absolute atomic E-state index is 5.28. The molecule has 1 unspecified atom stereocenters. The molecule has 1 rings (SSSR count). The van der Waals surface area contributed by atoms with Gasteiger partial charge in [-0.15, -0.1) is 12.3 Å². The fourth-order valence-electron chi connectivity index (χ4n) is 2.34. The van der Waals surface area contributed by atoms with Crippen LogP contribution in [0.15, 0.2) is 0 Å². The summed E-state index contributed by atoms with van der Waals surface area (Å²) in [6, 6.07) is 0.609. The van der Waals surface area contributed by atoms with Gasteiger partial charge in [-0.25, -0.2) is 0 Å². The molecular formula is C15H28N2. The van der Waals surface area contributed by atoms with Gasteiger partial charge in [0.15, 0.2) is 0 Å². The molecule has 0 amide bonds. The monoisotopic (exact) mass is 236 g/mol. The first-order chi connectivity index (χ1) is 8.04. The van der Waals surface area contributed by atoms with Gasteiger partial charge >= 0.3 is 0 Å². The summed E-state index contributed by atoms with van der Waals surface area (Å²) in [5.41, 5.74) is 0.349. The Morgan fingerprint density at radius 1 is 1.35 bits per heavy atom. The van der Waals surface area contributed by atoms with Crippen molar-refractivity contribution in [2.75, 3.05) is 26.2 Å². The van der Waals surface area contributed by atoms with Gasteiger partial charge in [-0.1, -0.05) is 20.8 Å². The normalized spacial score (nSPS) is 23.1. The van der Waals surface area contributed by atoms with E-state index in [2.05, 4.69) is 36.9 Å². The first-order valence-electron chi connectivity index (χ1n) is 6.93. The molecule has 1 aliphatic heterocycles. The zero-order chi connectivity index (χ0) is 12.7. The molecular weight excluding hydrogens is 208 g/mol. The van der Waals surface area contributed by atoms with E-state index < -0.39 is 0 Å². The van der Waals surface area contributed by atoms with Crippen LogP contribution in [0.5, 0.6) is 0 Å². The van der Waals surface area contributed by atoms with Crippen LogP contribution in [-0.2, 0) is 0 Å². The quantitative estimate of drug-likeness (QED) is 0.596. The molecule has 0 aromatic rings. The first-order valence-corrected chi connectivity index (χ1v) is 6.93. The van der Waals surface area contributed by atoms with E-state index in [0.717, 1.165) is 13.0 Å². The van der Waals surface area contributed by atoms with Gasteiger partial charge in [0.05, 0.1) is 0 Å². The van der Waals surface area contributed by atoms with E-state index in [-0.39, 0.29) is 0 Å². The molecule has 0 radical (unpaired) electrons. The summed E-state index contributed by atoms with van der Waals surface area (Å²) < 4.78 is 0. The summed E-state index contributed by atoms with van der Waals surface area (Å²) in [6.07, 6.45) is 9.87. The third-order valence-corrected chi connectivity index (χ3v) is 3.57. The number of hydrogen-bond acceptors (Lipinski definition) is 2. The van der Waals surface area contributed by atoms with Crippen molar-refractivity contribution < 1.29 is 0 Å². The molecule has 1 atom stereocenters. The highest BCUT2D eigenvalue weighted by Gasteiger charge is 2.27. The van der Waals surface area contributed by atoms with Crippen molar-refractivity contribution in [1.29, 1.82) is 0 Å². The Bertz CT molecular complexity index is 247. The van der Waals surface area contributed by atoms with Gasteiger partial charge in [0.1, 0.15) is 0 Å². The highest BCUT2D eigenvalue weighted by atomic mass is 15.2. The second-order valence-electron chi connectivity index (χ2n) is 6.19. The minimum atomic E-state index is 0.349. The Kier molecular flexibility index (Phi) is 6.02. The Labute approximate surface area is 107 Å². The molecule has 1 heterocycles. The number of terminal acetylenes is 1. The zero-order valence-electron chi connectivity index (χ0n) is 11.8. The van der Waals surface area contributed by atoms with Crippen molar-refractivity contribution in [1.82, 2.24) is 10.2 Å². The highest BCUT2D eigenvalue weighted by molar-refractivity contribution is 4.86. The molecule has 0 aliphatic carbocycles. The van der Waals surface area contributed by atoms with Crippen LogP contribution >= 0.6 is 0 Å². The van der Waals surface area contributed by atoms with Crippen molar-refractivity contribution in [3.8, 4) is 12.3 Å². The van der Waals surface area contributed by atoms with Crippen molar-refractivity contribution in [2.24, 2.45) is 5.41 Å². The predicted octanol–water partition coefficient (Wildman–Crippen LogP) is 2.50. The Hall–Kier alpha value is -0.520. The highest BCUT2D eigenvalue weighted by Crippen LogP contribution is 2.21. The van der Waals surface area contributed by atoms with E-state index in [1.54, 1.807) is 0 Å². The minimum Gasteiger partial charge on any atom is -0.312 e. The van der Waals surface area contributed by atoms with Crippen LogP contribution in [0.2, 0.25) is 0 Å². The van der Waals surface area contributed by atoms with Crippen LogP contribution in [0.1, 0.15) is 46.5 Å². The van der Waals surface area contributed by atoms with Gasteiger partial charge < -0.3 is 10.2 Å². The van der Waals surface area contributed by atoms with Crippen molar-refractivity contribution in [2.45, 2.75) is 52.5 Å². The average Bonchev–Trinajstić information content (AvgIpc) is 2.49. The number of nitrogens with zero attached hydrogens (tertiary/aromatic N) is 1. The van der Waals surface area contributed by atoms with Gasteiger partial charge in [-0.05, 0) is 44.3 Å². The van der Waals surface area contributed by atoms with Crippen molar-refractivity contribution in [3.63, 3.8) is 0 Å². The van der Waals surface area contributed by atoms with E-state index in [4.69, 9.17) is 6.42 Å². The zero-order valence-corrected chi connectivity index (χ0v) is 11.8. The topological polar surface area (TPSA) is 15.3 Å². The molecule has 0 aromatic carbocycles. The first kappa shape index (κ1) is 14.5. The summed E-state index contributed by atoms with van der Waals surface area (Å²) in [6.45, 7) is 11.7. The van der Waals surface area contributed by atoms with Gasteiger partial charge in [0.2, 0.25) is 0 Å². The van der Waals surface area contributed by atoms with E-state index >= 15 is 0 Å². The van der Waals surface area contributed by atoms with Crippen LogP contribution in [0.3, 0.4) is 0 Å². The fraction of sp³-hybridized carbons (Fsp3) is 0.867. The third kappa shape index (κ3) is 5.57. The SMILES string of the molecule is C#CCCCCN1CCCNC(C(C)(C)C)C1. The van der Waals surface area contributed by atoms with Crippen molar-refractivity contribution in [3.05, 3.63) is 0 Å². The molecule has 1 aliphatic rings. The van der Waals surface area contributed by atoms with Gasteiger partial charge in [-0.3, -0.25) is 0 Å². The Morgan fingerprint density at radius 3 is 2.76 bits per heavy atom. The van der Waals surface area contributed by atoms with E-state index in [9.17, 15) is 0 Å². The lowest BCUT2D eigenvalue weighted by Gasteiger charge is -2.33. The largest absolute Gasteiger partial charge is 0.312 e. The molecule has 0 bridgehead atoms. The summed E-state index contributed by atoms with van der Waals surface area (Å²) in [7, 11) is 0. The molecule has 1 N–H and O–H groups in total. The molecule has 1 saturated heterocycles. The maximum Gasteiger partial charge on any atom is 0.0243 e. The standard InChI is InChI=1S/C15H28N2/c1-5-6-7-8-11-17-12-9-10-16-14(13-17)15(2,3)4/h1,14,16H,6-13H2,2-4H3. The summed E-state index contributed by atoms with van der Waals surface area (Å²) >= 11 is 0. The van der Waals surface area contributed by atoms with E-state index in [1.165, 1.54) is 38.9 Å². The maximum atomic E-state index is 5.28. The lowest BCUT2D eigenvalue weighted by molar-refractivity contribution is 0.195. The van der Waals surface area contributed by atoms with Crippen LogP contribution < -0.4 is 5.32 Å². The molecule has 2 nitrogen and oxygen atoms in total. The number of unbranched alkanes of at least 4 members (excludes halogenated alkanes) is 2. The van der Waals surface area contributed by atoms with Crippen LogP contribution in [-0.4, -0.2) is 37.1 Å². The van der Waals surface area contributed by atoms with E-state index in [0.29, 0.717) is 11.5 Å². The molecule has 98 valence electrons. The lowest BCUT2D eigenvalue weighted by Crippen LogP contribution is -2.46. The molecule has 0 aromatic heterocycles. The second kappa shape index (κ2) is 7.03. The minimum absolute atomic E-state index is 0.349. The Morgan fingerprint density at radius 2 is 2.12 bits per heavy atom. The lowest BCUT2D eigenvalue weighted by atomic mass is 9.86. The summed E-state index contributed by atoms with van der Waals surface area (Å²) in [5, 5.41) is 3.68. The molecule has 0 spiro atoms. The third-order valence-electron chi connectivity index (χ3n) is 3.57. The fourth-order valence-corrected chi connectivity index (χ4v) is 2.34. The smallest absolute Gasteiger partial charge is 0.0243 e.